The quantitative estimate of drug-likeness (QED) is 0.399. The summed E-state index contributed by atoms with van der Waals surface area (Å²) in [7, 11) is 0. The van der Waals surface area contributed by atoms with Gasteiger partial charge in [-0.1, -0.05) is 53.2 Å². The summed E-state index contributed by atoms with van der Waals surface area (Å²) in [5, 5.41) is 2.66. The van der Waals surface area contributed by atoms with E-state index in [1.54, 1.807) is 0 Å². The van der Waals surface area contributed by atoms with Gasteiger partial charge in [-0.2, -0.15) is 0 Å². The average Bonchev–Trinajstić information content (AvgIpc) is 2.34. The van der Waals surface area contributed by atoms with Crippen LogP contribution in [-0.4, -0.2) is 10.6 Å². The van der Waals surface area contributed by atoms with Crippen molar-refractivity contribution in [2.45, 2.75) is 29.5 Å². The summed E-state index contributed by atoms with van der Waals surface area (Å²) in [6.07, 6.45) is 2.52. The smallest absolute Gasteiger partial charge is 0.0117 e. The van der Waals surface area contributed by atoms with E-state index in [2.05, 4.69) is 65.3 Å². The highest BCUT2D eigenvalue weighted by molar-refractivity contribution is 9.09. The van der Waals surface area contributed by atoms with Crippen LogP contribution in [0.1, 0.15) is 19.8 Å². The Bertz CT molecular complexity index is 479. The predicted octanol–water partition coefficient (Wildman–Crippen LogP) is 5.50. The second kappa shape index (κ2) is 6.46. The second-order valence-corrected chi connectivity index (χ2v) is 7.01. The molecule has 1 atom stereocenters. The summed E-state index contributed by atoms with van der Waals surface area (Å²) in [6.45, 7) is 2.21. The molecule has 0 radical (unpaired) electrons. The van der Waals surface area contributed by atoms with Gasteiger partial charge in [0.05, 0.1) is 0 Å². The van der Waals surface area contributed by atoms with E-state index in [4.69, 9.17) is 0 Å². The fourth-order valence-corrected chi connectivity index (χ4v) is 3.06. The monoisotopic (exact) mass is 308 g/mol. The molecule has 2 aromatic carbocycles. The van der Waals surface area contributed by atoms with Crippen molar-refractivity contribution in [1.29, 1.82) is 0 Å². The van der Waals surface area contributed by atoms with Gasteiger partial charge < -0.3 is 0 Å². The first-order chi connectivity index (χ1) is 8.25. The summed E-state index contributed by atoms with van der Waals surface area (Å²) in [5.74, 6) is 1.20. The summed E-state index contributed by atoms with van der Waals surface area (Å²) in [4.78, 5) is 2.02. The largest absolute Gasteiger partial charge is 0.126 e. The van der Waals surface area contributed by atoms with E-state index in [1.165, 1.54) is 34.3 Å². The highest BCUT2D eigenvalue weighted by atomic mass is 79.9. The molecule has 2 aromatic rings. The molecule has 0 heterocycles. The molecule has 0 saturated carbocycles. The highest BCUT2D eigenvalue weighted by Gasteiger charge is 1.99. The molecule has 90 valence electrons. The lowest BCUT2D eigenvalue weighted by molar-refractivity contribution is 0.804. The third-order valence-corrected chi connectivity index (χ3v) is 4.27. The number of halogens is 1. The molecule has 2 heteroatoms. The minimum atomic E-state index is 0.639. The van der Waals surface area contributed by atoms with Gasteiger partial charge in [0.15, 0.2) is 0 Å². The van der Waals surface area contributed by atoms with Gasteiger partial charge in [-0.15, -0.1) is 11.8 Å². The summed E-state index contributed by atoms with van der Waals surface area (Å²) in [6, 6.07) is 15.3. The molecule has 0 aliphatic heterocycles. The molecule has 0 amide bonds. The van der Waals surface area contributed by atoms with E-state index in [1.807, 2.05) is 11.8 Å². The number of fused-ring (bicyclic) bond motifs is 1. The third-order valence-electron chi connectivity index (χ3n) is 2.74. The van der Waals surface area contributed by atoms with Crippen molar-refractivity contribution >= 4 is 38.5 Å². The highest BCUT2D eigenvalue weighted by Crippen LogP contribution is 2.24. The molecule has 0 spiro atoms. The normalized spacial score (nSPS) is 12.8. The topological polar surface area (TPSA) is 0 Å². The van der Waals surface area contributed by atoms with Crippen molar-refractivity contribution in [3.8, 4) is 0 Å². The molecule has 0 saturated heterocycles. The van der Waals surface area contributed by atoms with Crippen molar-refractivity contribution in [1.82, 2.24) is 0 Å². The van der Waals surface area contributed by atoms with E-state index in [-0.39, 0.29) is 0 Å². The Hall–Kier alpha value is -0.470. The van der Waals surface area contributed by atoms with Gasteiger partial charge in [0.25, 0.3) is 0 Å². The van der Waals surface area contributed by atoms with E-state index in [0.29, 0.717) is 4.83 Å². The Kier molecular flexibility index (Phi) is 4.93. The van der Waals surface area contributed by atoms with Gasteiger partial charge in [-0.05, 0) is 41.5 Å². The number of alkyl halides is 1. The van der Waals surface area contributed by atoms with Crippen molar-refractivity contribution in [2.24, 2.45) is 0 Å². The minimum Gasteiger partial charge on any atom is -0.126 e. The number of thioether (sulfide) groups is 1. The minimum absolute atomic E-state index is 0.639. The third kappa shape index (κ3) is 4.04. The average molecular weight is 309 g/mol. The number of rotatable bonds is 5. The number of hydrogen-bond acceptors (Lipinski definition) is 1. The summed E-state index contributed by atoms with van der Waals surface area (Å²) < 4.78 is 0. The Balaban J connectivity index is 1.95. The van der Waals surface area contributed by atoms with Crippen LogP contribution < -0.4 is 0 Å². The van der Waals surface area contributed by atoms with Crippen LogP contribution in [0, 0.1) is 0 Å². The second-order valence-electron chi connectivity index (χ2n) is 4.28. The SMILES string of the molecule is CC(Br)CCCSc1ccc2ccccc2c1. The molecule has 0 N–H and O–H groups in total. The Morgan fingerprint density at radius 2 is 1.88 bits per heavy atom. The maximum atomic E-state index is 3.58. The van der Waals surface area contributed by atoms with E-state index < -0.39 is 0 Å². The van der Waals surface area contributed by atoms with E-state index in [9.17, 15) is 0 Å². The van der Waals surface area contributed by atoms with Crippen LogP contribution in [0.2, 0.25) is 0 Å². The molecular formula is C15H17BrS. The first-order valence-corrected chi connectivity index (χ1v) is 7.91. The van der Waals surface area contributed by atoms with Gasteiger partial charge in [-0.3, -0.25) is 0 Å². The van der Waals surface area contributed by atoms with Gasteiger partial charge in [-0.25, -0.2) is 0 Å². The summed E-state index contributed by atoms with van der Waals surface area (Å²) >= 11 is 5.54. The van der Waals surface area contributed by atoms with Gasteiger partial charge in [0.1, 0.15) is 0 Å². The molecule has 0 aromatic heterocycles. The van der Waals surface area contributed by atoms with Crippen LogP contribution in [0.5, 0.6) is 0 Å². The number of benzene rings is 2. The first-order valence-electron chi connectivity index (χ1n) is 6.01. The van der Waals surface area contributed by atoms with Crippen molar-refractivity contribution < 1.29 is 0 Å². The predicted molar refractivity (Wildman–Crippen MR) is 82.3 cm³/mol. The fourth-order valence-electron chi connectivity index (χ4n) is 1.81. The summed E-state index contributed by atoms with van der Waals surface area (Å²) in [5.41, 5.74) is 0. The molecule has 2 rings (SSSR count). The lowest BCUT2D eigenvalue weighted by Gasteiger charge is -2.05. The Labute approximate surface area is 116 Å². The van der Waals surface area contributed by atoms with Crippen LogP contribution in [0.15, 0.2) is 47.4 Å². The van der Waals surface area contributed by atoms with E-state index in [0.717, 1.165) is 0 Å². The molecule has 0 bridgehead atoms. The number of hydrogen-bond donors (Lipinski definition) is 0. The molecule has 1 unspecified atom stereocenters. The molecule has 0 nitrogen and oxygen atoms in total. The molecule has 0 aliphatic rings. The van der Waals surface area contributed by atoms with Gasteiger partial charge in [0.2, 0.25) is 0 Å². The maximum Gasteiger partial charge on any atom is 0.0117 e. The van der Waals surface area contributed by atoms with Crippen molar-refractivity contribution in [3.63, 3.8) is 0 Å². The van der Waals surface area contributed by atoms with Crippen LogP contribution in [0.3, 0.4) is 0 Å². The molecule has 0 aliphatic carbocycles. The first kappa shape index (κ1) is 13.0. The van der Waals surface area contributed by atoms with Gasteiger partial charge >= 0.3 is 0 Å². The zero-order valence-corrected chi connectivity index (χ0v) is 12.4. The standard InChI is InChI=1S/C15H17BrS/c1-12(16)5-4-10-17-15-9-8-13-6-2-3-7-14(13)11-15/h2-3,6-9,11-12H,4-5,10H2,1H3. The zero-order valence-electron chi connectivity index (χ0n) is 10.0. The van der Waals surface area contributed by atoms with E-state index >= 15 is 0 Å². The van der Waals surface area contributed by atoms with Crippen molar-refractivity contribution in [3.05, 3.63) is 42.5 Å². The molecule has 0 fully saturated rings. The van der Waals surface area contributed by atoms with Crippen LogP contribution in [-0.2, 0) is 0 Å². The lowest BCUT2D eigenvalue weighted by Crippen LogP contribution is -1.90. The Morgan fingerprint density at radius 1 is 1.12 bits per heavy atom. The fraction of sp³-hybridized carbons (Fsp3) is 0.333. The van der Waals surface area contributed by atoms with Gasteiger partial charge in [0, 0.05) is 9.72 Å². The maximum absolute atomic E-state index is 3.58. The Morgan fingerprint density at radius 3 is 2.65 bits per heavy atom. The van der Waals surface area contributed by atoms with Crippen LogP contribution in [0.4, 0.5) is 0 Å². The van der Waals surface area contributed by atoms with Crippen LogP contribution >= 0.6 is 27.7 Å². The zero-order chi connectivity index (χ0) is 12.1. The molecular weight excluding hydrogens is 292 g/mol. The lowest BCUT2D eigenvalue weighted by atomic mass is 10.1. The molecule has 17 heavy (non-hydrogen) atoms. The van der Waals surface area contributed by atoms with Crippen molar-refractivity contribution in [2.75, 3.05) is 5.75 Å². The van der Waals surface area contributed by atoms with Crippen LogP contribution in [0.25, 0.3) is 10.8 Å².